The van der Waals surface area contributed by atoms with E-state index in [1.165, 1.54) is 10.8 Å². The van der Waals surface area contributed by atoms with Crippen LogP contribution in [0.2, 0.25) is 5.02 Å². The molecule has 9 heteroatoms. The van der Waals surface area contributed by atoms with Crippen molar-refractivity contribution in [1.29, 1.82) is 0 Å². The number of pyridine rings is 1. The second-order valence-electron chi connectivity index (χ2n) is 7.71. The van der Waals surface area contributed by atoms with Gasteiger partial charge in [0.25, 0.3) is 5.56 Å². The van der Waals surface area contributed by atoms with E-state index in [2.05, 4.69) is 15.3 Å². The number of carbonyl (C=O) groups is 1. The third-order valence-electron chi connectivity index (χ3n) is 5.61. The molecule has 0 saturated heterocycles. The van der Waals surface area contributed by atoms with E-state index in [-0.39, 0.29) is 11.9 Å². The smallest absolute Gasteiger partial charge is 0.327 e. The number of aromatic nitrogens is 5. The van der Waals surface area contributed by atoms with Crippen LogP contribution in [-0.2, 0) is 11.2 Å². The minimum atomic E-state index is -1.10. The Hall–Kier alpha value is -4.04. The normalized spacial score (nSPS) is 12.3. The van der Waals surface area contributed by atoms with E-state index in [0.29, 0.717) is 16.2 Å². The molecule has 1 N–H and O–H groups in total. The first kappa shape index (κ1) is 20.8. The molecule has 5 rings (SSSR count). The molecule has 1 unspecified atom stereocenters. The zero-order chi connectivity index (χ0) is 23.1. The van der Waals surface area contributed by atoms with Crippen molar-refractivity contribution in [2.75, 3.05) is 0 Å². The minimum absolute atomic E-state index is 0.0504. The van der Waals surface area contributed by atoms with Gasteiger partial charge in [-0.1, -0.05) is 54.1 Å². The summed E-state index contributed by atoms with van der Waals surface area (Å²) in [6, 6.07) is 17.1. The summed E-state index contributed by atoms with van der Waals surface area (Å²) in [7, 11) is 0. The zero-order valence-corrected chi connectivity index (χ0v) is 18.3. The molecule has 0 fully saturated rings. The Morgan fingerprint density at radius 1 is 1.06 bits per heavy atom. The molecule has 0 saturated carbocycles. The SMILES string of the molecule is Cc1nn2c(nnc3c(=O)n(C(Cc4ccccc4)C(=O)O)ccc32)c1-c1ccc(Cl)cc1. The lowest BCUT2D eigenvalue weighted by atomic mass is 10.1. The van der Waals surface area contributed by atoms with E-state index in [1.54, 1.807) is 22.7 Å². The number of halogens is 1. The summed E-state index contributed by atoms with van der Waals surface area (Å²) < 4.78 is 2.76. The molecular formula is C24H18ClN5O3. The molecule has 1 atom stereocenters. The first-order valence-electron chi connectivity index (χ1n) is 10.2. The van der Waals surface area contributed by atoms with Crippen LogP contribution in [0.1, 0.15) is 17.3 Å². The fourth-order valence-electron chi connectivity index (χ4n) is 4.01. The number of benzene rings is 2. The first-order valence-corrected chi connectivity index (χ1v) is 10.6. The Morgan fingerprint density at radius 3 is 2.48 bits per heavy atom. The summed E-state index contributed by atoms with van der Waals surface area (Å²) >= 11 is 6.01. The molecule has 5 aromatic rings. The maximum atomic E-state index is 13.2. The third-order valence-corrected chi connectivity index (χ3v) is 5.86. The number of hydrogen-bond donors (Lipinski definition) is 1. The summed E-state index contributed by atoms with van der Waals surface area (Å²) in [5.41, 5.74) is 3.66. The van der Waals surface area contributed by atoms with E-state index in [0.717, 1.165) is 22.4 Å². The monoisotopic (exact) mass is 459 g/mol. The van der Waals surface area contributed by atoms with Crippen LogP contribution in [0.25, 0.3) is 27.8 Å². The van der Waals surface area contributed by atoms with Gasteiger partial charge < -0.3 is 5.11 Å². The Morgan fingerprint density at radius 2 is 1.79 bits per heavy atom. The molecule has 0 bridgehead atoms. The Labute approximate surface area is 192 Å². The fraction of sp³-hybridized carbons (Fsp3) is 0.125. The van der Waals surface area contributed by atoms with Gasteiger partial charge in [-0.2, -0.15) is 5.10 Å². The molecule has 0 spiro atoms. The summed E-state index contributed by atoms with van der Waals surface area (Å²) in [5, 5.41) is 23.5. The molecule has 2 aromatic carbocycles. The lowest BCUT2D eigenvalue weighted by molar-refractivity contribution is -0.141. The average Bonchev–Trinajstić information content (AvgIpc) is 3.15. The largest absolute Gasteiger partial charge is 0.480 e. The molecule has 0 amide bonds. The highest BCUT2D eigenvalue weighted by Gasteiger charge is 2.24. The highest BCUT2D eigenvalue weighted by molar-refractivity contribution is 6.30. The number of fused-ring (bicyclic) bond motifs is 3. The van der Waals surface area contributed by atoms with Gasteiger partial charge >= 0.3 is 5.97 Å². The maximum absolute atomic E-state index is 13.2. The third kappa shape index (κ3) is 3.64. The van der Waals surface area contributed by atoms with Gasteiger partial charge in [-0.15, -0.1) is 10.2 Å². The molecule has 3 heterocycles. The molecule has 164 valence electrons. The minimum Gasteiger partial charge on any atom is -0.480 e. The summed E-state index contributed by atoms with van der Waals surface area (Å²) in [4.78, 5) is 25.3. The van der Waals surface area contributed by atoms with Crippen LogP contribution < -0.4 is 5.56 Å². The van der Waals surface area contributed by atoms with E-state index >= 15 is 0 Å². The average molecular weight is 460 g/mol. The molecular weight excluding hydrogens is 442 g/mol. The number of rotatable bonds is 5. The van der Waals surface area contributed by atoms with E-state index in [9.17, 15) is 14.7 Å². The van der Waals surface area contributed by atoms with Gasteiger partial charge in [-0.05, 0) is 36.2 Å². The lowest BCUT2D eigenvalue weighted by Gasteiger charge is -2.16. The van der Waals surface area contributed by atoms with Gasteiger partial charge in [-0.25, -0.2) is 9.31 Å². The molecule has 0 aliphatic heterocycles. The predicted octanol–water partition coefficient (Wildman–Crippen LogP) is 3.94. The number of nitrogens with zero attached hydrogens (tertiary/aromatic N) is 5. The van der Waals surface area contributed by atoms with E-state index in [4.69, 9.17) is 11.6 Å². The van der Waals surface area contributed by atoms with E-state index in [1.807, 2.05) is 49.4 Å². The van der Waals surface area contributed by atoms with Crippen molar-refractivity contribution in [2.45, 2.75) is 19.4 Å². The van der Waals surface area contributed by atoms with Gasteiger partial charge in [0, 0.05) is 17.6 Å². The highest BCUT2D eigenvalue weighted by atomic mass is 35.5. The van der Waals surface area contributed by atoms with Gasteiger partial charge in [-0.3, -0.25) is 9.36 Å². The maximum Gasteiger partial charge on any atom is 0.327 e. The van der Waals surface area contributed by atoms with Crippen molar-refractivity contribution in [3.05, 3.63) is 93.5 Å². The quantitative estimate of drug-likeness (QED) is 0.427. The van der Waals surface area contributed by atoms with Crippen LogP contribution in [0.5, 0.6) is 0 Å². The van der Waals surface area contributed by atoms with Crippen molar-refractivity contribution < 1.29 is 9.90 Å². The number of aliphatic carboxylic acids is 1. The topological polar surface area (TPSA) is 102 Å². The molecule has 8 nitrogen and oxygen atoms in total. The van der Waals surface area contributed by atoms with Gasteiger partial charge in [0.1, 0.15) is 11.6 Å². The van der Waals surface area contributed by atoms with Crippen LogP contribution in [0.4, 0.5) is 0 Å². The molecule has 0 aliphatic rings. The number of carboxylic acid groups (broad SMARTS) is 1. The summed E-state index contributed by atoms with van der Waals surface area (Å²) in [6.45, 7) is 1.85. The fourth-order valence-corrected chi connectivity index (χ4v) is 4.13. The van der Waals surface area contributed by atoms with E-state index < -0.39 is 17.6 Å². The summed E-state index contributed by atoms with van der Waals surface area (Å²) in [6.07, 6.45) is 1.64. The van der Waals surface area contributed by atoms with Gasteiger partial charge in [0.15, 0.2) is 11.2 Å². The standard InChI is InChI=1S/C24H18ClN5O3/c1-14-20(16-7-9-17(25)10-8-16)22-27-26-21-18(30(22)28-14)11-12-29(23(21)31)19(24(32)33)13-15-5-3-2-4-6-15/h2-12,19H,13H2,1H3,(H,32,33). The lowest BCUT2D eigenvalue weighted by Crippen LogP contribution is -2.31. The molecule has 0 aliphatic carbocycles. The van der Waals surface area contributed by atoms with Gasteiger partial charge in [0.2, 0.25) is 0 Å². The first-order chi connectivity index (χ1) is 15.9. The number of hydrogen-bond acceptors (Lipinski definition) is 5. The number of carboxylic acids is 1. The Bertz CT molecular complexity index is 1560. The predicted molar refractivity (Wildman–Crippen MR) is 125 cm³/mol. The van der Waals surface area contributed by atoms with Crippen LogP contribution in [0.3, 0.4) is 0 Å². The molecule has 33 heavy (non-hydrogen) atoms. The van der Waals surface area contributed by atoms with Crippen molar-refractivity contribution in [3.63, 3.8) is 0 Å². The van der Waals surface area contributed by atoms with Crippen molar-refractivity contribution >= 4 is 34.3 Å². The summed E-state index contributed by atoms with van der Waals surface area (Å²) in [5.74, 6) is -1.10. The van der Waals surface area contributed by atoms with Crippen molar-refractivity contribution in [1.82, 2.24) is 24.4 Å². The van der Waals surface area contributed by atoms with Gasteiger partial charge in [0.05, 0.1) is 11.3 Å². The number of aryl methyl sites for hydroxylation is 1. The van der Waals surface area contributed by atoms with Crippen LogP contribution in [0.15, 0.2) is 71.7 Å². The second kappa shape index (κ2) is 8.14. The van der Waals surface area contributed by atoms with Crippen LogP contribution in [0, 0.1) is 6.92 Å². The van der Waals surface area contributed by atoms with Crippen LogP contribution in [-0.4, -0.2) is 35.5 Å². The van der Waals surface area contributed by atoms with Crippen molar-refractivity contribution in [3.8, 4) is 11.1 Å². The Balaban J connectivity index is 1.65. The Kier molecular flexibility index (Phi) is 5.14. The highest BCUT2D eigenvalue weighted by Crippen LogP contribution is 2.29. The zero-order valence-electron chi connectivity index (χ0n) is 17.5. The molecule has 3 aromatic heterocycles. The van der Waals surface area contributed by atoms with Crippen molar-refractivity contribution in [2.24, 2.45) is 0 Å². The second-order valence-corrected chi connectivity index (χ2v) is 8.14. The molecule has 0 radical (unpaired) electrons. The van der Waals surface area contributed by atoms with Crippen LogP contribution >= 0.6 is 11.6 Å².